The van der Waals surface area contributed by atoms with Gasteiger partial charge in [0.25, 0.3) is 0 Å². The quantitative estimate of drug-likeness (QED) is 0.829. The Morgan fingerprint density at radius 2 is 2.19 bits per heavy atom. The van der Waals surface area contributed by atoms with Crippen LogP contribution in [0.2, 0.25) is 5.02 Å². The summed E-state index contributed by atoms with van der Waals surface area (Å²) in [6.07, 6.45) is 1.19. The summed E-state index contributed by atoms with van der Waals surface area (Å²) in [7, 11) is -3.00. The van der Waals surface area contributed by atoms with E-state index in [4.69, 9.17) is 11.6 Å². The summed E-state index contributed by atoms with van der Waals surface area (Å²) < 4.78 is 23.6. The highest BCUT2D eigenvalue weighted by atomic mass is 35.5. The van der Waals surface area contributed by atoms with E-state index in [0.717, 1.165) is 5.52 Å². The van der Waals surface area contributed by atoms with Crippen molar-refractivity contribution in [2.24, 2.45) is 0 Å². The summed E-state index contributed by atoms with van der Waals surface area (Å²) in [6, 6.07) is 5.19. The van der Waals surface area contributed by atoms with Crippen LogP contribution in [0.3, 0.4) is 0 Å². The Labute approximate surface area is 97.9 Å². The van der Waals surface area contributed by atoms with Crippen molar-refractivity contribution in [3.63, 3.8) is 0 Å². The predicted molar refractivity (Wildman–Crippen MR) is 62.2 cm³/mol. The van der Waals surface area contributed by atoms with E-state index < -0.39 is 9.84 Å². The lowest BCUT2D eigenvalue weighted by atomic mass is 10.3. The van der Waals surface area contributed by atoms with Crippen LogP contribution in [-0.2, 0) is 16.4 Å². The summed E-state index contributed by atoms with van der Waals surface area (Å²) in [4.78, 5) is 0. The molecule has 0 spiro atoms. The normalized spacial score (nSPS) is 12.1. The zero-order valence-corrected chi connectivity index (χ0v) is 10.2. The molecule has 0 fully saturated rings. The Kier molecular flexibility index (Phi) is 2.86. The fraction of sp³-hybridized carbons (Fsp3) is 0.333. The van der Waals surface area contributed by atoms with Gasteiger partial charge in [-0.2, -0.15) is 0 Å². The molecule has 0 saturated heterocycles. The third kappa shape index (κ3) is 2.51. The molecule has 0 aliphatic heterocycles. The van der Waals surface area contributed by atoms with Gasteiger partial charge in [-0.1, -0.05) is 16.8 Å². The minimum atomic E-state index is -3.00. The smallest absolute Gasteiger partial charge is 0.149 e. The molecule has 2 aromatic rings. The van der Waals surface area contributed by atoms with E-state index in [1.165, 1.54) is 6.26 Å². The molecule has 0 aliphatic carbocycles. The van der Waals surface area contributed by atoms with Gasteiger partial charge in [0.1, 0.15) is 15.4 Å². The van der Waals surface area contributed by atoms with Gasteiger partial charge in [-0.3, -0.25) is 0 Å². The van der Waals surface area contributed by atoms with Crippen LogP contribution >= 0.6 is 11.6 Å². The Morgan fingerprint density at radius 1 is 1.44 bits per heavy atom. The molecule has 1 aromatic heterocycles. The topological polar surface area (TPSA) is 64.8 Å². The number of sulfone groups is 1. The van der Waals surface area contributed by atoms with Crippen molar-refractivity contribution < 1.29 is 8.42 Å². The van der Waals surface area contributed by atoms with Crippen LogP contribution in [0.1, 0.15) is 0 Å². The van der Waals surface area contributed by atoms with E-state index >= 15 is 0 Å². The monoisotopic (exact) mass is 259 g/mol. The van der Waals surface area contributed by atoms with Crippen LogP contribution in [0.15, 0.2) is 18.2 Å². The summed E-state index contributed by atoms with van der Waals surface area (Å²) in [5.74, 6) is 0.0397. The number of benzene rings is 1. The average Bonchev–Trinajstić information content (AvgIpc) is 2.56. The van der Waals surface area contributed by atoms with Crippen molar-refractivity contribution in [3.05, 3.63) is 23.2 Å². The maximum atomic E-state index is 11.0. The second-order valence-electron chi connectivity index (χ2n) is 3.58. The van der Waals surface area contributed by atoms with E-state index in [0.29, 0.717) is 10.5 Å². The number of fused-ring (bicyclic) bond motifs is 1. The number of halogens is 1. The molecule has 0 amide bonds. The van der Waals surface area contributed by atoms with E-state index in [1.807, 2.05) is 0 Å². The highest BCUT2D eigenvalue weighted by Crippen LogP contribution is 2.16. The van der Waals surface area contributed by atoms with E-state index in [9.17, 15) is 8.42 Å². The van der Waals surface area contributed by atoms with Gasteiger partial charge in [0.2, 0.25) is 0 Å². The fourth-order valence-electron chi connectivity index (χ4n) is 1.36. The van der Waals surface area contributed by atoms with Gasteiger partial charge in [0.05, 0.1) is 17.8 Å². The number of aryl methyl sites for hydroxylation is 1. The SMILES string of the molecule is CS(=O)(=O)CCn1nnc2ccc(Cl)cc21. The summed E-state index contributed by atoms with van der Waals surface area (Å²) >= 11 is 5.85. The Bertz CT molecular complexity index is 621. The van der Waals surface area contributed by atoms with Gasteiger partial charge in [-0.05, 0) is 18.2 Å². The average molecular weight is 260 g/mol. The molecule has 86 valence electrons. The van der Waals surface area contributed by atoms with E-state index in [2.05, 4.69) is 10.3 Å². The molecular weight excluding hydrogens is 250 g/mol. The van der Waals surface area contributed by atoms with Crippen LogP contribution in [0.25, 0.3) is 11.0 Å². The first-order valence-corrected chi connectivity index (χ1v) is 7.06. The van der Waals surface area contributed by atoms with Gasteiger partial charge in [0, 0.05) is 11.3 Å². The van der Waals surface area contributed by atoms with Crippen molar-refractivity contribution in [3.8, 4) is 0 Å². The molecule has 0 atom stereocenters. The Hall–Kier alpha value is -1.14. The van der Waals surface area contributed by atoms with Gasteiger partial charge >= 0.3 is 0 Å². The first-order chi connectivity index (χ1) is 7.46. The lowest BCUT2D eigenvalue weighted by Crippen LogP contribution is -2.12. The standard InChI is InChI=1S/C9H10ClN3O2S/c1-16(14,15)5-4-13-9-6-7(10)2-3-8(9)11-12-13/h2-3,6H,4-5H2,1H3. The second kappa shape index (κ2) is 4.03. The van der Waals surface area contributed by atoms with E-state index in [-0.39, 0.29) is 12.3 Å². The highest BCUT2D eigenvalue weighted by molar-refractivity contribution is 7.90. The van der Waals surface area contributed by atoms with Crippen LogP contribution in [0, 0.1) is 0 Å². The molecule has 0 radical (unpaired) electrons. The first kappa shape index (κ1) is 11.3. The zero-order chi connectivity index (χ0) is 11.8. The van der Waals surface area contributed by atoms with Crippen molar-refractivity contribution in [1.82, 2.24) is 15.0 Å². The second-order valence-corrected chi connectivity index (χ2v) is 6.27. The third-order valence-corrected chi connectivity index (χ3v) is 3.31. The minimum Gasteiger partial charge on any atom is -0.244 e. The zero-order valence-electron chi connectivity index (χ0n) is 8.59. The number of rotatable bonds is 3. The molecule has 0 saturated carbocycles. The lowest BCUT2D eigenvalue weighted by molar-refractivity contribution is 0.585. The van der Waals surface area contributed by atoms with Gasteiger partial charge in [-0.15, -0.1) is 5.10 Å². The molecule has 0 bridgehead atoms. The Balaban J connectivity index is 2.34. The van der Waals surface area contributed by atoms with Crippen LogP contribution in [0.4, 0.5) is 0 Å². The summed E-state index contributed by atoms with van der Waals surface area (Å²) in [5, 5.41) is 8.38. The number of aromatic nitrogens is 3. The predicted octanol–water partition coefficient (Wildman–Crippen LogP) is 1.13. The third-order valence-electron chi connectivity index (χ3n) is 2.15. The fourth-order valence-corrected chi connectivity index (χ4v) is 2.03. The van der Waals surface area contributed by atoms with Crippen molar-refractivity contribution in [2.45, 2.75) is 6.54 Å². The van der Waals surface area contributed by atoms with Gasteiger partial charge in [0.15, 0.2) is 0 Å². The molecule has 1 aromatic carbocycles. The first-order valence-electron chi connectivity index (χ1n) is 4.62. The van der Waals surface area contributed by atoms with Crippen molar-refractivity contribution in [2.75, 3.05) is 12.0 Å². The van der Waals surface area contributed by atoms with E-state index in [1.54, 1.807) is 22.9 Å². The van der Waals surface area contributed by atoms with Gasteiger partial charge < -0.3 is 0 Å². The van der Waals surface area contributed by atoms with Crippen LogP contribution in [-0.4, -0.2) is 35.4 Å². The van der Waals surface area contributed by atoms with Crippen LogP contribution in [0.5, 0.6) is 0 Å². The maximum absolute atomic E-state index is 11.0. The Morgan fingerprint density at radius 3 is 2.88 bits per heavy atom. The van der Waals surface area contributed by atoms with Gasteiger partial charge in [-0.25, -0.2) is 13.1 Å². The molecule has 0 N–H and O–H groups in total. The van der Waals surface area contributed by atoms with Crippen LogP contribution < -0.4 is 0 Å². The van der Waals surface area contributed by atoms with Crippen molar-refractivity contribution >= 4 is 32.5 Å². The number of hydrogen-bond donors (Lipinski definition) is 0. The lowest BCUT2D eigenvalue weighted by Gasteiger charge is -2.00. The summed E-state index contributed by atoms with van der Waals surface area (Å²) in [6.45, 7) is 0.287. The molecule has 2 rings (SSSR count). The molecule has 5 nitrogen and oxygen atoms in total. The molecule has 7 heteroatoms. The number of nitrogens with zero attached hydrogens (tertiary/aromatic N) is 3. The van der Waals surface area contributed by atoms with Crippen molar-refractivity contribution in [1.29, 1.82) is 0 Å². The minimum absolute atomic E-state index is 0.0397. The molecule has 16 heavy (non-hydrogen) atoms. The molecule has 0 unspecified atom stereocenters. The molecular formula is C9H10ClN3O2S. The number of hydrogen-bond acceptors (Lipinski definition) is 4. The highest BCUT2D eigenvalue weighted by Gasteiger charge is 2.08. The molecule has 0 aliphatic rings. The maximum Gasteiger partial charge on any atom is 0.149 e. The molecule has 1 heterocycles. The largest absolute Gasteiger partial charge is 0.244 e. The summed E-state index contributed by atoms with van der Waals surface area (Å²) in [5.41, 5.74) is 1.45.